The van der Waals surface area contributed by atoms with Gasteiger partial charge in [-0.05, 0) is 37.6 Å². The third-order valence-corrected chi connectivity index (χ3v) is 3.24. The van der Waals surface area contributed by atoms with E-state index in [4.69, 9.17) is 4.74 Å². The largest absolute Gasteiger partial charge is 0.416 e. The highest BCUT2D eigenvalue weighted by molar-refractivity contribution is 5.27. The summed E-state index contributed by atoms with van der Waals surface area (Å²) in [5, 5.41) is 3.11. The van der Waals surface area contributed by atoms with Crippen LogP contribution in [-0.2, 0) is 10.9 Å². The number of alkyl halides is 3. The van der Waals surface area contributed by atoms with Crippen molar-refractivity contribution in [1.29, 1.82) is 0 Å². The molecule has 18 heavy (non-hydrogen) atoms. The van der Waals surface area contributed by atoms with Gasteiger partial charge in [0.2, 0.25) is 0 Å². The molecule has 0 saturated carbocycles. The van der Waals surface area contributed by atoms with E-state index >= 15 is 0 Å². The molecule has 0 amide bonds. The normalized spacial score (nSPS) is 22.1. The Morgan fingerprint density at radius 1 is 1.28 bits per heavy atom. The van der Waals surface area contributed by atoms with Crippen LogP contribution in [0.2, 0.25) is 0 Å². The summed E-state index contributed by atoms with van der Waals surface area (Å²) in [6.07, 6.45) is -2.29. The van der Waals surface area contributed by atoms with Crippen LogP contribution in [0.4, 0.5) is 13.2 Å². The summed E-state index contributed by atoms with van der Waals surface area (Å²) in [6.45, 7) is 0.726. The van der Waals surface area contributed by atoms with Crippen molar-refractivity contribution in [2.75, 3.05) is 13.7 Å². The predicted octanol–water partition coefficient (Wildman–Crippen LogP) is 3.14. The van der Waals surface area contributed by atoms with E-state index < -0.39 is 11.7 Å². The summed E-state index contributed by atoms with van der Waals surface area (Å²) in [5.74, 6) is 0. The van der Waals surface area contributed by atoms with Crippen molar-refractivity contribution in [1.82, 2.24) is 5.32 Å². The Kier molecular flexibility index (Phi) is 3.92. The highest BCUT2D eigenvalue weighted by Gasteiger charge is 2.31. The lowest BCUT2D eigenvalue weighted by atomic mass is 9.98. The third kappa shape index (κ3) is 2.84. The molecule has 2 nitrogen and oxygen atoms in total. The Bertz CT molecular complexity index is 382. The van der Waals surface area contributed by atoms with E-state index in [9.17, 15) is 13.2 Å². The highest BCUT2D eigenvalue weighted by atomic mass is 19.4. The van der Waals surface area contributed by atoms with Gasteiger partial charge in [0.15, 0.2) is 0 Å². The predicted molar refractivity (Wildman–Crippen MR) is 62.2 cm³/mol. The molecule has 1 aromatic rings. The van der Waals surface area contributed by atoms with Crippen molar-refractivity contribution >= 4 is 0 Å². The van der Waals surface area contributed by atoms with Crippen LogP contribution in [0.3, 0.4) is 0 Å². The first kappa shape index (κ1) is 13.4. The van der Waals surface area contributed by atoms with E-state index in [0.29, 0.717) is 0 Å². The van der Waals surface area contributed by atoms with E-state index in [2.05, 4.69) is 5.32 Å². The second-order valence-electron chi connectivity index (χ2n) is 4.44. The lowest BCUT2D eigenvalue weighted by Gasteiger charge is -2.23. The van der Waals surface area contributed by atoms with Crippen molar-refractivity contribution in [2.45, 2.75) is 31.2 Å². The Balaban J connectivity index is 2.16. The molecule has 0 bridgehead atoms. The minimum absolute atomic E-state index is 0.0465. The summed E-state index contributed by atoms with van der Waals surface area (Å²) < 4.78 is 43.0. The fraction of sp³-hybridized carbons (Fsp3) is 0.538. The van der Waals surface area contributed by atoms with E-state index in [1.54, 1.807) is 7.05 Å². The van der Waals surface area contributed by atoms with Gasteiger partial charge in [-0.15, -0.1) is 0 Å². The number of halogens is 3. The first-order valence-corrected chi connectivity index (χ1v) is 5.98. The summed E-state index contributed by atoms with van der Waals surface area (Å²) >= 11 is 0. The molecule has 1 aromatic carbocycles. The van der Waals surface area contributed by atoms with Gasteiger partial charge in [0, 0.05) is 6.61 Å². The number of ether oxygens (including phenoxy) is 1. The smallest absolute Gasteiger partial charge is 0.376 e. The highest BCUT2D eigenvalue weighted by Crippen LogP contribution is 2.31. The maximum absolute atomic E-state index is 12.5. The number of hydrogen-bond acceptors (Lipinski definition) is 2. The van der Waals surface area contributed by atoms with Crippen molar-refractivity contribution in [3.8, 4) is 0 Å². The standard InChI is InChI=1S/C13H16F3NO/c1-17-12(11-3-2-8-18-11)9-4-6-10(7-5-9)13(14,15)16/h4-7,11-12,17H,2-3,8H2,1H3. The van der Waals surface area contributed by atoms with Crippen molar-refractivity contribution < 1.29 is 17.9 Å². The molecule has 1 aliphatic heterocycles. The second kappa shape index (κ2) is 5.28. The fourth-order valence-corrected chi connectivity index (χ4v) is 2.31. The van der Waals surface area contributed by atoms with Gasteiger partial charge in [0.1, 0.15) is 0 Å². The Labute approximate surface area is 104 Å². The molecule has 1 saturated heterocycles. The molecule has 1 N–H and O–H groups in total. The Morgan fingerprint density at radius 2 is 1.94 bits per heavy atom. The van der Waals surface area contributed by atoms with E-state index in [-0.39, 0.29) is 12.1 Å². The number of hydrogen-bond donors (Lipinski definition) is 1. The first-order valence-electron chi connectivity index (χ1n) is 5.98. The van der Waals surface area contributed by atoms with Crippen LogP contribution in [-0.4, -0.2) is 19.8 Å². The minimum Gasteiger partial charge on any atom is -0.376 e. The number of benzene rings is 1. The number of likely N-dealkylation sites (N-methyl/N-ethyl adjacent to an activating group) is 1. The van der Waals surface area contributed by atoms with E-state index in [0.717, 1.165) is 37.1 Å². The topological polar surface area (TPSA) is 21.3 Å². The second-order valence-corrected chi connectivity index (χ2v) is 4.44. The first-order chi connectivity index (χ1) is 8.52. The average Bonchev–Trinajstić information content (AvgIpc) is 2.83. The van der Waals surface area contributed by atoms with Gasteiger partial charge in [-0.2, -0.15) is 13.2 Å². The quantitative estimate of drug-likeness (QED) is 0.900. The molecule has 1 fully saturated rings. The lowest BCUT2D eigenvalue weighted by Crippen LogP contribution is -2.28. The van der Waals surface area contributed by atoms with Crippen LogP contribution in [0.5, 0.6) is 0 Å². The van der Waals surface area contributed by atoms with Gasteiger partial charge < -0.3 is 10.1 Å². The molecule has 1 aliphatic rings. The van der Waals surface area contributed by atoms with Crippen molar-refractivity contribution in [3.63, 3.8) is 0 Å². The average molecular weight is 259 g/mol. The SMILES string of the molecule is CNC(c1ccc(C(F)(F)F)cc1)C1CCCO1. The van der Waals surface area contributed by atoms with Crippen LogP contribution >= 0.6 is 0 Å². The van der Waals surface area contributed by atoms with E-state index in [1.165, 1.54) is 12.1 Å². The van der Waals surface area contributed by atoms with Gasteiger partial charge in [0.05, 0.1) is 17.7 Å². The summed E-state index contributed by atoms with van der Waals surface area (Å²) in [4.78, 5) is 0. The van der Waals surface area contributed by atoms with Gasteiger partial charge in [0.25, 0.3) is 0 Å². The molecule has 100 valence electrons. The van der Waals surface area contributed by atoms with Crippen molar-refractivity contribution in [2.24, 2.45) is 0 Å². The zero-order valence-corrected chi connectivity index (χ0v) is 10.1. The fourth-order valence-electron chi connectivity index (χ4n) is 2.31. The lowest BCUT2D eigenvalue weighted by molar-refractivity contribution is -0.137. The molecule has 0 aliphatic carbocycles. The van der Waals surface area contributed by atoms with E-state index in [1.807, 2.05) is 0 Å². The molecule has 1 heterocycles. The number of nitrogens with one attached hydrogen (secondary N) is 1. The molecule has 2 rings (SSSR count). The zero-order chi connectivity index (χ0) is 13.2. The Hall–Kier alpha value is -1.07. The van der Waals surface area contributed by atoms with Crippen LogP contribution in [0.1, 0.15) is 30.0 Å². The molecule has 5 heteroatoms. The van der Waals surface area contributed by atoms with Crippen LogP contribution in [0.15, 0.2) is 24.3 Å². The molecular weight excluding hydrogens is 243 g/mol. The van der Waals surface area contributed by atoms with Gasteiger partial charge in [-0.1, -0.05) is 12.1 Å². The summed E-state index contributed by atoms with van der Waals surface area (Å²) in [5.41, 5.74) is 0.214. The minimum atomic E-state index is -4.28. The third-order valence-electron chi connectivity index (χ3n) is 3.24. The Morgan fingerprint density at radius 3 is 2.39 bits per heavy atom. The molecule has 0 aromatic heterocycles. The van der Waals surface area contributed by atoms with Crippen LogP contribution in [0.25, 0.3) is 0 Å². The van der Waals surface area contributed by atoms with Crippen LogP contribution < -0.4 is 5.32 Å². The molecule has 0 spiro atoms. The molecule has 2 atom stereocenters. The van der Waals surface area contributed by atoms with Gasteiger partial charge in [-0.3, -0.25) is 0 Å². The maximum Gasteiger partial charge on any atom is 0.416 e. The number of rotatable bonds is 3. The van der Waals surface area contributed by atoms with Crippen molar-refractivity contribution in [3.05, 3.63) is 35.4 Å². The molecule has 0 radical (unpaired) electrons. The summed E-state index contributed by atoms with van der Waals surface area (Å²) in [6, 6.07) is 5.23. The van der Waals surface area contributed by atoms with Gasteiger partial charge >= 0.3 is 6.18 Å². The monoisotopic (exact) mass is 259 g/mol. The summed E-state index contributed by atoms with van der Waals surface area (Å²) in [7, 11) is 1.80. The molecular formula is C13H16F3NO. The van der Waals surface area contributed by atoms with Crippen LogP contribution in [0, 0.1) is 0 Å². The molecule has 2 unspecified atom stereocenters. The van der Waals surface area contributed by atoms with Gasteiger partial charge in [-0.25, -0.2) is 0 Å². The maximum atomic E-state index is 12.5. The zero-order valence-electron chi connectivity index (χ0n) is 10.1.